The average Bonchev–Trinajstić information content (AvgIpc) is 3.36. The second-order valence-electron chi connectivity index (χ2n) is 9.53. The first-order chi connectivity index (χ1) is 17.4. The summed E-state index contributed by atoms with van der Waals surface area (Å²) in [5, 5.41) is 13.8. The SMILES string of the molecule is CCC1N(Cc2ccc(-c3ccccc3)c(CC#N)c2)c2nc(C)cc(C)c2N1c1onc(C)c1C. The monoisotopic (exact) mass is 477 g/mol. The van der Waals surface area contributed by atoms with Crippen LogP contribution < -0.4 is 9.80 Å². The number of anilines is 3. The Hall–Kier alpha value is -4.11. The van der Waals surface area contributed by atoms with Crippen LogP contribution in [-0.2, 0) is 13.0 Å². The van der Waals surface area contributed by atoms with Gasteiger partial charge < -0.3 is 9.42 Å². The van der Waals surface area contributed by atoms with Gasteiger partial charge in [-0.3, -0.25) is 4.90 Å². The van der Waals surface area contributed by atoms with Gasteiger partial charge in [0.25, 0.3) is 0 Å². The topological polar surface area (TPSA) is 69.2 Å². The smallest absolute Gasteiger partial charge is 0.236 e. The van der Waals surface area contributed by atoms with Crippen molar-refractivity contribution < 1.29 is 4.52 Å². The number of nitriles is 1. The van der Waals surface area contributed by atoms with Gasteiger partial charge in [0.05, 0.1) is 23.9 Å². The van der Waals surface area contributed by atoms with E-state index >= 15 is 0 Å². The van der Waals surface area contributed by atoms with Gasteiger partial charge in [0.1, 0.15) is 6.17 Å². The Labute approximate surface area is 212 Å². The Balaban J connectivity index is 1.59. The maximum absolute atomic E-state index is 9.53. The molecule has 1 aliphatic heterocycles. The number of benzene rings is 2. The number of hydrogen-bond acceptors (Lipinski definition) is 6. The lowest BCUT2D eigenvalue weighted by molar-refractivity contribution is 0.408. The molecule has 0 saturated heterocycles. The van der Waals surface area contributed by atoms with E-state index < -0.39 is 0 Å². The van der Waals surface area contributed by atoms with E-state index in [0.717, 1.165) is 68.6 Å². The van der Waals surface area contributed by atoms with Gasteiger partial charge in [-0.1, -0.05) is 60.6 Å². The van der Waals surface area contributed by atoms with Gasteiger partial charge in [0.2, 0.25) is 5.88 Å². The minimum absolute atomic E-state index is 0.0345. The number of rotatable bonds is 6. The quantitative estimate of drug-likeness (QED) is 0.300. The minimum atomic E-state index is 0.0345. The molecule has 36 heavy (non-hydrogen) atoms. The molecule has 5 rings (SSSR count). The highest BCUT2D eigenvalue weighted by atomic mass is 16.5. The van der Waals surface area contributed by atoms with Gasteiger partial charge in [-0.2, -0.15) is 5.26 Å². The van der Waals surface area contributed by atoms with E-state index in [-0.39, 0.29) is 6.17 Å². The van der Waals surface area contributed by atoms with Crippen molar-refractivity contribution in [1.82, 2.24) is 10.1 Å². The molecule has 2 aromatic heterocycles. The second-order valence-corrected chi connectivity index (χ2v) is 9.53. The molecule has 0 spiro atoms. The molecular weight excluding hydrogens is 446 g/mol. The fraction of sp³-hybridized carbons (Fsp3) is 0.300. The zero-order valence-electron chi connectivity index (χ0n) is 21.5. The molecule has 2 aromatic carbocycles. The third kappa shape index (κ3) is 4.01. The standard InChI is InChI=1S/C30H31N5O/c1-6-27-34(18-23-12-13-26(25(17-23)14-15-31)24-10-8-7-9-11-24)29-28(19(2)16-20(3)32-29)35(27)30-21(4)22(5)33-36-30/h7-13,16-17,27H,6,14,18H2,1-5H3. The third-order valence-electron chi connectivity index (χ3n) is 7.06. The predicted octanol–water partition coefficient (Wildman–Crippen LogP) is 6.93. The fourth-order valence-electron chi connectivity index (χ4n) is 5.26. The van der Waals surface area contributed by atoms with Crippen molar-refractivity contribution in [3.05, 3.63) is 88.2 Å². The number of pyridine rings is 1. The molecule has 4 aromatic rings. The van der Waals surface area contributed by atoms with E-state index in [1.165, 1.54) is 0 Å². The summed E-state index contributed by atoms with van der Waals surface area (Å²) in [7, 11) is 0. The van der Waals surface area contributed by atoms with Crippen LogP contribution in [-0.4, -0.2) is 16.3 Å². The van der Waals surface area contributed by atoms with Crippen molar-refractivity contribution in [1.29, 1.82) is 5.26 Å². The highest BCUT2D eigenvalue weighted by molar-refractivity contribution is 5.83. The molecule has 6 heteroatoms. The summed E-state index contributed by atoms with van der Waals surface area (Å²) in [6.07, 6.45) is 1.28. The maximum Gasteiger partial charge on any atom is 0.236 e. The summed E-state index contributed by atoms with van der Waals surface area (Å²) in [5.41, 5.74) is 9.60. The van der Waals surface area contributed by atoms with Gasteiger partial charge in [0.15, 0.2) is 5.82 Å². The van der Waals surface area contributed by atoms with Crippen LogP contribution in [0, 0.1) is 39.0 Å². The number of aromatic nitrogens is 2. The van der Waals surface area contributed by atoms with E-state index in [4.69, 9.17) is 9.51 Å². The summed E-state index contributed by atoms with van der Waals surface area (Å²) < 4.78 is 5.85. The van der Waals surface area contributed by atoms with Gasteiger partial charge in [0, 0.05) is 17.8 Å². The Morgan fingerprint density at radius 1 is 1.03 bits per heavy atom. The lowest BCUT2D eigenvalue weighted by Gasteiger charge is -2.31. The summed E-state index contributed by atoms with van der Waals surface area (Å²) in [4.78, 5) is 9.62. The molecule has 0 fully saturated rings. The van der Waals surface area contributed by atoms with Crippen LogP contribution in [0.15, 0.2) is 59.1 Å². The van der Waals surface area contributed by atoms with Gasteiger partial charge >= 0.3 is 0 Å². The van der Waals surface area contributed by atoms with Crippen molar-refractivity contribution in [2.75, 3.05) is 9.80 Å². The predicted molar refractivity (Wildman–Crippen MR) is 143 cm³/mol. The Bertz CT molecular complexity index is 1450. The van der Waals surface area contributed by atoms with Crippen LogP contribution >= 0.6 is 0 Å². The molecule has 0 bridgehead atoms. The highest BCUT2D eigenvalue weighted by Crippen LogP contribution is 2.48. The Kier molecular flexibility index (Phi) is 6.24. The molecular formula is C30H31N5O. The normalized spacial score (nSPS) is 14.7. The summed E-state index contributed by atoms with van der Waals surface area (Å²) in [5.74, 6) is 1.74. The van der Waals surface area contributed by atoms with E-state index in [2.05, 4.69) is 78.2 Å². The summed E-state index contributed by atoms with van der Waals surface area (Å²) >= 11 is 0. The lowest BCUT2D eigenvalue weighted by Crippen LogP contribution is -2.40. The number of nitrogens with zero attached hydrogens (tertiary/aromatic N) is 5. The molecule has 3 heterocycles. The molecule has 0 saturated carbocycles. The van der Waals surface area contributed by atoms with E-state index in [9.17, 15) is 5.26 Å². The number of fused-ring (bicyclic) bond motifs is 1. The Morgan fingerprint density at radius 2 is 1.81 bits per heavy atom. The molecule has 0 N–H and O–H groups in total. The number of hydrogen-bond donors (Lipinski definition) is 0. The van der Waals surface area contributed by atoms with Gasteiger partial charge in [-0.15, -0.1) is 0 Å². The largest absolute Gasteiger partial charge is 0.338 e. The lowest BCUT2D eigenvalue weighted by atomic mass is 9.95. The van der Waals surface area contributed by atoms with Crippen molar-refractivity contribution >= 4 is 17.4 Å². The second kappa shape index (κ2) is 9.50. The van der Waals surface area contributed by atoms with Crippen LogP contribution in [0.1, 0.15) is 47.0 Å². The molecule has 0 aliphatic carbocycles. The van der Waals surface area contributed by atoms with Crippen molar-refractivity contribution in [3.8, 4) is 17.2 Å². The zero-order valence-corrected chi connectivity index (χ0v) is 21.5. The first-order valence-electron chi connectivity index (χ1n) is 12.4. The molecule has 0 radical (unpaired) electrons. The Morgan fingerprint density at radius 3 is 2.47 bits per heavy atom. The van der Waals surface area contributed by atoms with Crippen molar-refractivity contribution in [2.24, 2.45) is 0 Å². The molecule has 1 aliphatic rings. The van der Waals surface area contributed by atoms with E-state index in [0.29, 0.717) is 13.0 Å². The van der Waals surface area contributed by atoms with Crippen molar-refractivity contribution in [2.45, 2.75) is 60.2 Å². The van der Waals surface area contributed by atoms with Crippen molar-refractivity contribution in [3.63, 3.8) is 0 Å². The number of aryl methyl sites for hydroxylation is 3. The highest BCUT2D eigenvalue weighted by Gasteiger charge is 2.41. The third-order valence-corrected chi connectivity index (χ3v) is 7.06. The molecule has 1 atom stereocenters. The maximum atomic E-state index is 9.53. The van der Waals surface area contributed by atoms with Gasteiger partial charge in [-0.05, 0) is 68.0 Å². The fourth-order valence-corrected chi connectivity index (χ4v) is 5.26. The van der Waals surface area contributed by atoms with Gasteiger partial charge in [-0.25, -0.2) is 4.98 Å². The summed E-state index contributed by atoms with van der Waals surface area (Å²) in [6, 6.07) is 21.2. The molecule has 6 nitrogen and oxygen atoms in total. The van der Waals surface area contributed by atoms with Crippen LogP contribution in [0.5, 0.6) is 0 Å². The summed E-state index contributed by atoms with van der Waals surface area (Å²) in [6.45, 7) is 11.1. The molecule has 182 valence electrons. The zero-order chi connectivity index (χ0) is 25.4. The molecule has 1 unspecified atom stereocenters. The van der Waals surface area contributed by atoms with Crippen LogP contribution in [0.4, 0.5) is 17.4 Å². The first kappa shape index (κ1) is 23.6. The van der Waals surface area contributed by atoms with Crippen LogP contribution in [0.2, 0.25) is 0 Å². The van der Waals surface area contributed by atoms with E-state index in [1.807, 2.05) is 32.0 Å². The average molecular weight is 478 g/mol. The first-order valence-corrected chi connectivity index (χ1v) is 12.4. The van der Waals surface area contributed by atoms with E-state index in [1.54, 1.807) is 0 Å². The molecule has 0 amide bonds. The van der Waals surface area contributed by atoms with Crippen LogP contribution in [0.25, 0.3) is 11.1 Å². The van der Waals surface area contributed by atoms with Crippen LogP contribution in [0.3, 0.4) is 0 Å². The minimum Gasteiger partial charge on any atom is -0.338 e.